The van der Waals surface area contributed by atoms with Gasteiger partial charge < -0.3 is 19.1 Å². The van der Waals surface area contributed by atoms with Crippen molar-refractivity contribution < 1.29 is 19.4 Å². The lowest BCUT2D eigenvalue weighted by Crippen LogP contribution is -2.23. The molecule has 27 heavy (non-hydrogen) atoms. The SMILES string of the molecule is CCOC(=O)c1ccc(OC[C@H](O)Cn2cnc3cc(C)c(C)cc32)cc1. The molecule has 0 aliphatic carbocycles. The number of aromatic nitrogens is 2. The normalized spacial score (nSPS) is 12.1. The minimum Gasteiger partial charge on any atom is -0.491 e. The number of hydrogen-bond acceptors (Lipinski definition) is 5. The van der Waals surface area contributed by atoms with Crippen LogP contribution in [-0.4, -0.2) is 39.9 Å². The van der Waals surface area contributed by atoms with E-state index >= 15 is 0 Å². The van der Waals surface area contributed by atoms with Crippen LogP contribution in [0.1, 0.15) is 28.4 Å². The second-order valence-electron chi connectivity index (χ2n) is 6.53. The van der Waals surface area contributed by atoms with Crippen molar-refractivity contribution in [2.45, 2.75) is 33.4 Å². The number of nitrogens with zero attached hydrogens (tertiary/aromatic N) is 2. The first-order valence-corrected chi connectivity index (χ1v) is 8.98. The van der Waals surface area contributed by atoms with Gasteiger partial charge in [-0.05, 0) is 68.3 Å². The number of carbonyl (C=O) groups is 1. The molecule has 0 amide bonds. The molecule has 3 aromatic rings. The quantitative estimate of drug-likeness (QED) is 0.648. The zero-order chi connectivity index (χ0) is 19.4. The molecular formula is C21H24N2O4. The van der Waals surface area contributed by atoms with E-state index in [2.05, 4.69) is 31.0 Å². The van der Waals surface area contributed by atoms with E-state index in [0.717, 1.165) is 11.0 Å². The first kappa shape index (κ1) is 18.9. The maximum atomic E-state index is 11.6. The molecule has 3 rings (SSSR count). The number of rotatable bonds is 7. The smallest absolute Gasteiger partial charge is 0.338 e. The van der Waals surface area contributed by atoms with Crippen LogP contribution in [0.5, 0.6) is 5.75 Å². The van der Waals surface area contributed by atoms with Gasteiger partial charge in [-0.25, -0.2) is 9.78 Å². The Balaban J connectivity index is 1.59. The zero-order valence-electron chi connectivity index (χ0n) is 15.8. The number of aryl methyl sites for hydroxylation is 2. The van der Waals surface area contributed by atoms with Gasteiger partial charge in [0.15, 0.2) is 0 Å². The molecule has 0 bridgehead atoms. The summed E-state index contributed by atoms with van der Waals surface area (Å²) in [6.07, 6.45) is 1.05. The van der Waals surface area contributed by atoms with E-state index in [9.17, 15) is 9.90 Å². The van der Waals surface area contributed by atoms with Crippen molar-refractivity contribution in [2.24, 2.45) is 0 Å². The number of fused-ring (bicyclic) bond motifs is 1. The first-order valence-electron chi connectivity index (χ1n) is 8.98. The van der Waals surface area contributed by atoms with E-state index in [-0.39, 0.29) is 12.6 Å². The predicted molar refractivity (Wildman–Crippen MR) is 103 cm³/mol. The van der Waals surface area contributed by atoms with Gasteiger partial charge in [0.25, 0.3) is 0 Å². The number of carbonyl (C=O) groups excluding carboxylic acids is 1. The van der Waals surface area contributed by atoms with Crippen LogP contribution >= 0.6 is 0 Å². The summed E-state index contributed by atoms with van der Waals surface area (Å²) in [4.78, 5) is 16.0. The number of aliphatic hydroxyl groups excluding tert-OH is 1. The Bertz CT molecular complexity index is 931. The molecule has 1 aromatic heterocycles. The van der Waals surface area contributed by atoms with Crippen LogP contribution in [0.4, 0.5) is 0 Å². The Labute approximate surface area is 158 Å². The highest BCUT2D eigenvalue weighted by atomic mass is 16.5. The second-order valence-corrected chi connectivity index (χ2v) is 6.53. The third-order valence-electron chi connectivity index (χ3n) is 4.45. The van der Waals surface area contributed by atoms with Crippen molar-refractivity contribution in [3.8, 4) is 5.75 Å². The van der Waals surface area contributed by atoms with Crippen molar-refractivity contribution in [2.75, 3.05) is 13.2 Å². The van der Waals surface area contributed by atoms with Crippen LogP contribution in [0.25, 0.3) is 11.0 Å². The molecule has 6 heteroatoms. The lowest BCUT2D eigenvalue weighted by molar-refractivity contribution is 0.0526. The van der Waals surface area contributed by atoms with Crippen LogP contribution in [0.3, 0.4) is 0 Å². The van der Waals surface area contributed by atoms with Crippen LogP contribution in [0, 0.1) is 13.8 Å². The van der Waals surface area contributed by atoms with Gasteiger partial charge in [0, 0.05) is 0 Å². The van der Waals surface area contributed by atoms with Crippen molar-refractivity contribution in [1.82, 2.24) is 9.55 Å². The summed E-state index contributed by atoms with van der Waals surface area (Å²) in [7, 11) is 0. The number of imidazole rings is 1. The maximum Gasteiger partial charge on any atom is 0.338 e. The predicted octanol–water partition coefficient (Wildman–Crippen LogP) is 3.27. The van der Waals surface area contributed by atoms with E-state index in [4.69, 9.17) is 9.47 Å². The van der Waals surface area contributed by atoms with E-state index < -0.39 is 6.10 Å². The van der Waals surface area contributed by atoms with Crippen molar-refractivity contribution in [3.05, 3.63) is 59.4 Å². The number of esters is 1. The fourth-order valence-corrected chi connectivity index (χ4v) is 2.83. The molecule has 0 radical (unpaired) electrons. The summed E-state index contributed by atoms with van der Waals surface area (Å²) in [5, 5.41) is 10.3. The molecular weight excluding hydrogens is 344 g/mol. The number of hydrogen-bond donors (Lipinski definition) is 1. The van der Waals surface area contributed by atoms with Crippen molar-refractivity contribution >= 4 is 17.0 Å². The Morgan fingerprint density at radius 3 is 2.59 bits per heavy atom. The average Bonchev–Trinajstić information content (AvgIpc) is 3.02. The van der Waals surface area contributed by atoms with Crippen LogP contribution in [0.15, 0.2) is 42.7 Å². The third-order valence-corrected chi connectivity index (χ3v) is 4.45. The summed E-state index contributed by atoms with van der Waals surface area (Å²) >= 11 is 0. The van der Waals surface area contributed by atoms with Gasteiger partial charge in [-0.15, -0.1) is 0 Å². The molecule has 1 atom stereocenters. The lowest BCUT2D eigenvalue weighted by Gasteiger charge is -2.14. The Morgan fingerprint density at radius 2 is 1.89 bits per heavy atom. The number of ether oxygens (including phenoxy) is 2. The summed E-state index contributed by atoms with van der Waals surface area (Å²) in [5.41, 5.74) is 4.77. The van der Waals surface area contributed by atoms with Crippen LogP contribution in [0.2, 0.25) is 0 Å². The van der Waals surface area contributed by atoms with Gasteiger partial charge in [-0.1, -0.05) is 0 Å². The second kappa shape index (κ2) is 8.22. The molecule has 0 saturated carbocycles. The van der Waals surface area contributed by atoms with Crippen LogP contribution in [-0.2, 0) is 11.3 Å². The largest absolute Gasteiger partial charge is 0.491 e. The summed E-state index contributed by atoms with van der Waals surface area (Å²) < 4.78 is 12.5. The van der Waals surface area contributed by atoms with Gasteiger partial charge in [0.2, 0.25) is 0 Å². The van der Waals surface area contributed by atoms with E-state index in [1.807, 2.05) is 4.57 Å². The molecule has 1 N–H and O–H groups in total. The topological polar surface area (TPSA) is 73.6 Å². The third kappa shape index (κ3) is 4.46. The van der Waals surface area contributed by atoms with E-state index in [0.29, 0.717) is 24.5 Å². The monoisotopic (exact) mass is 368 g/mol. The van der Waals surface area contributed by atoms with E-state index in [1.54, 1.807) is 37.5 Å². The average molecular weight is 368 g/mol. The van der Waals surface area contributed by atoms with Gasteiger partial charge in [0.1, 0.15) is 18.5 Å². The highest BCUT2D eigenvalue weighted by molar-refractivity contribution is 5.89. The molecule has 2 aromatic carbocycles. The van der Waals surface area contributed by atoms with Gasteiger partial charge in [-0.3, -0.25) is 0 Å². The minimum atomic E-state index is -0.686. The van der Waals surface area contributed by atoms with Gasteiger partial charge >= 0.3 is 5.97 Å². The Hall–Kier alpha value is -2.86. The van der Waals surface area contributed by atoms with Crippen LogP contribution < -0.4 is 4.74 Å². The van der Waals surface area contributed by atoms with E-state index in [1.165, 1.54) is 11.1 Å². The van der Waals surface area contributed by atoms with Gasteiger partial charge in [0.05, 0.1) is 36.1 Å². The minimum absolute atomic E-state index is 0.142. The first-order chi connectivity index (χ1) is 13.0. The number of aliphatic hydroxyl groups is 1. The molecule has 0 unspecified atom stereocenters. The zero-order valence-corrected chi connectivity index (χ0v) is 15.8. The fraction of sp³-hybridized carbons (Fsp3) is 0.333. The summed E-state index contributed by atoms with van der Waals surface area (Å²) in [6, 6.07) is 10.8. The van der Waals surface area contributed by atoms with Gasteiger partial charge in [-0.2, -0.15) is 0 Å². The molecule has 1 heterocycles. The molecule has 0 aliphatic heterocycles. The molecule has 0 aliphatic rings. The van der Waals surface area contributed by atoms with Crippen molar-refractivity contribution in [3.63, 3.8) is 0 Å². The Morgan fingerprint density at radius 1 is 1.19 bits per heavy atom. The van der Waals surface area contributed by atoms with Crippen molar-refractivity contribution in [1.29, 1.82) is 0 Å². The molecule has 6 nitrogen and oxygen atoms in total. The molecule has 0 spiro atoms. The highest BCUT2D eigenvalue weighted by Gasteiger charge is 2.11. The molecule has 0 saturated heterocycles. The Kier molecular flexibility index (Phi) is 5.76. The molecule has 0 fully saturated rings. The fourth-order valence-electron chi connectivity index (χ4n) is 2.83. The standard InChI is InChI=1S/C21H24N2O4/c1-4-26-21(25)16-5-7-18(8-6-16)27-12-17(24)11-23-13-22-19-9-14(2)15(3)10-20(19)23/h5-10,13,17,24H,4,11-12H2,1-3H3/t17-/m1/s1. The maximum absolute atomic E-state index is 11.6. The number of benzene rings is 2. The highest BCUT2D eigenvalue weighted by Crippen LogP contribution is 2.19. The summed E-state index contributed by atoms with van der Waals surface area (Å²) in [5.74, 6) is 0.227. The molecule has 142 valence electrons. The lowest BCUT2D eigenvalue weighted by atomic mass is 10.1. The summed E-state index contributed by atoms with van der Waals surface area (Å²) in [6.45, 7) is 6.76.